The molecular weight excluding hydrogens is 1250 g/mol. The topological polar surface area (TPSA) is 25.4 Å². The highest BCUT2D eigenvalue weighted by molar-refractivity contribution is 7.27. The van der Waals surface area contributed by atoms with Crippen molar-refractivity contribution in [3.63, 3.8) is 0 Å². The molecule has 0 unspecified atom stereocenters. The van der Waals surface area contributed by atoms with Crippen LogP contribution >= 0.6 is 22.7 Å². The van der Waals surface area contributed by atoms with E-state index in [9.17, 15) is 0 Å². The van der Waals surface area contributed by atoms with Gasteiger partial charge in [-0.2, -0.15) is 0 Å². The zero-order valence-corrected chi connectivity index (χ0v) is 55.7. The first-order valence-corrected chi connectivity index (χ1v) is 35.8. The second kappa shape index (κ2) is 22.6. The first-order chi connectivity index (χ1) is 49.6. The van der Waals surface area contributed by atoms with E-state index in [-0.39, 0.29) is 13.4 Å². The minimum atomic E-state index is -0.242. The number of benzene rings is 15. The average molecular weight is 1310 g/mol. The molecule has 100 heavy (non-hydrogen) atoms. The van der Waals surface area contributed by atoms with Crippen LogP contribution in [0.3, 0.4) is 0 Å². The third-order valence-electron chi connectivity index (χ3n) is 20.8. The minimum Gasteiger partial charge on any atom is -0.458 e. The fraction of sp³-hybridized carbons (Fsp3) is 0. The van der Waals surface area contributed by atoms with Gasteiger partial charge in [-0.25, -0.2) is 0 Å². The van der Waals surface area contributed by atoms with Crippen LogP contribution in [0, 0.1) is 0 Å². The summed E-state index contributed by atoms with van der Waals surface area (Å²) in [7, 11) is 0. The van der Waals surface area contributed by atoms with E-state index in [0.29, 0.717) is 0 Å². The van der Waals surface area contributed by atoms with Gasteiger partial charge in [-0.3, -0.25) is 0 Å². The van der Waals surface area contributed by atoms with Crippen molar-refractivity contribution in [2.75, 3.05) is 24.5 Å². The van der Waals surface area contributed by atoms with Crippen molar-refractivity contribution in [1.29, 1.82) is 0 Å². The number of hydrogen-bond acceptors (Lipinski definition) is 8. The van der Waals surface area contributed by atoms with Gasteiger partial charge in [0.25, 0.3) is 13.4 Å². The van der Waals surface area contributed by atoms with Crippen LogP contribution in [-0.2, 0) is 0 Å². The molecule has 15 aromatic carbocycles. The van der Waals surface area contributed by atoms with Crippen molar-refractivity contribution in [2.24, 2.45) is 0 Å². The SMILES string of the molecule is c1ccc(-c2ccccc2N2c3cc4c(cc3B3c5ccccc5Oc5cc(N(c6ccccc6)c6cccc7c6sc6ccccc67)cc2c53)B2c3ccccc3N(c3ccccc3)c3cc(N(c5ccccc5)c5ccccc5)cc(c32)N4c2cccc3c2sc2ccccc23)cc1. The summed E-state index contributed by atoms with van der Waals surface area (Å²) in [5, 5.41) is 4.98. The van der Waals surface area contributed by atoms with Gasteiger partial charge >= 0.3 is 0 Å². The Morgan fingerprint density at radius 1 is 0.270 bits per heavy atom. The molecule has 10 heteroatoms. The van der Waals surface area contributed by atoms with E-state index in [1.807, 2.05) is 22.7 Å². The second-order valence-electron chi connectivity index (χ2n) is 26.2. The number of ether oxygens (including phenoxy) is 1. The maximum atomic E-state index is 7.53. The molecule has 0 N–H and O–H groups in total. The molecule has 4 aliphatic heterocycles. The lowest BCUT2D eigenvalue weighted by Gasteiger charge is -2.47. The number of para-hydroxylation sites is 7. The average Bonchev–Trinajstić information content (AvgIpc) is 0.778. The molecule has 0 radical (unpaired) electrons. The van der Waals surface area contributed by atoms with Crippen molar-refractivity contribution in [3.05, 3.63) is 346 Å². The highest BCUT2D eigenvalue weighted by atomic mass is 32.1. The predicted octanol–water partition coefficient (Wildman–Crippen LogP) is 21.5. The largest absolute Gasteiger partial charge is 0.458 e. The lowest BCUT2D eigenvalue weighted by Crippen LogP contribution is -2.64. The van der Waals surface area contributed by atoms with E-state index in [1.54, 1.807) is 0 Å². The molecule has 2 aromatic heterocycles. The Morgan fingerprint density at radius 2 is 0.740 bits per heavy atom. The fourth-order valence-electron chi connectivity index (χ4n) is 16.7. The van der Waals surface area contributed by atoms with E-state index in [2.05, 4.69) is 370 Å². The number of nitrogens with zero attached hydrogens (tertiary/aromatic N) is 5. The Morgan fingerprint density at radius 3 is 1.42 bits per heavy atom. The number of hydrogen-bond donors (Lipinski definition) is 0. The summed E-state index contributed by atoms with van der Waals surface area (Å²) in [5.41, 5.74) is 25.7. The zero-order valence-electron chi connectivity index (χ0n) is 54.0. The number of anilines is 15. The van der Waals surface area contributed by atoms with Gasteiger partial charge in [-0.15, -0.1) is 22.7 Å². The molecule has 17 aromatic rings. The summed E-state index contributed by atoms with van der Waals surface area (Å²) >= 11 is 3.73. The molecule has 0 saturated carbocycles. The van der Waals surface area contributed by atoms with Crippen LogP contribution in [0.4, 0.5) is 85.3 Å². The molecule has 21 rings (SSSR count). The molecule has 0 atom stereocenters. The summed E-state index contributed by atoms with van der Waals surface area (Å²) in [6, 6.07) is 128. The lowest BCUT2D eigenvalue weighted by atomic mass is 9.30. The fourth-order valence-corrected chi connectivity index (χ4v) is 19.1. The number of rotatable bonds is 10. The van der Waals surface area contributed by atoms with Gasteiger partial charge in [0.1, 0.15) is 11.5 Å². The minimum absolute atomic E-state index is 0.213. The molecule has 6 nitrogen and oxygen atoms in total. The Kier molecular flexibility index (Phi) is 12.9. The lowest BCUT2D eigenvalue weighted by molar-refractivity contribution is 0.487. The quantitative estimate of drug-likeness (QED) is 0.127. The van der Waals surface area contributed by atoms with E-state index in [1.165, 1.54) is 62.2 Å². The standard InChI is InChI=1S/C90H57B2N5OS2/c1-6-28-58(29-7-1)65-38-16-21-45-74(65)96-78-57-79-72(56-73(78)92-71-44-20-23-49-83(71)98-84-55-64(54-82(96)88(84)92)94(61-34-12-4-13-35-61)76-47-26-41-68-66-39-17-24-50-85(66)99-89(68)76)91-70-43-19-22-46-75(70)95(62-36-14-5-15-37-62)80-52-63(93(59-30-8-2-9-31-59)60-32-10-3-11-33-60)53-81(87(80)91)97(79)77-48-27-42-69-67-40-18-25-51-86(67)100-90(69)77/h1-57H. The van der Waals surface area contributed by atoms with Crippen LogP contribution in [-0.4, -0.2) is 13.4 Å². The smallest absolute Gasteiger partial charge is 0.256 e. The highest BCUT2D eigenvalue weighted by Gasteiger charge is 2.49. The Bertz CT molecular complexity index is 6110. The summed E-state index contributed by atoms with van der Waals surface area (Å²) in [4.78, 5) is 12.7. The first-order valence-electron chi connectivity index (χ1n) is 34.2. The Balaban J connectivity index is 0.903. The van der Waals surface area contributed by atoms with E-state index >= 15 is 0 Å². The van der Waals surface area contributed by atoms with Crippen molar-refractivity contribution in [3.8, 4) is 22.6 Å². The molecule has 0 amide bonds. The van der Waals surface area contributed by atoms with Gasteiger partial charge in [0.2, 0.25) is 0 Å². The van der Waals surface area contributed by atoms with Gasteiger partial charge in [0.05, 0.1) is 37.8 Å². The van der Waals surface area contributed by atoms with Gasteiger partial charge in [-0.1, -0.05) is 224 Å². The molecule has 0 fully saturated rings. The molecule has 4 aliphatic rings. The predicted molar refractivity (Wildman–Crippen MR) is 427 cm³/mol. The maximum Gasteiger partial charge on any atom is 0.256 e. The third kappa shape index (κ3) is 8.64. The van der Waals surface area contributed by atoms with E-state index < -0.39 is 0 Å². The molecule has 0 saturated heterocycles. The van der Waals surface area contributed by atoms with Crippen molar-refractivity contribution < 1.29 is 4.74 Å². The van der Waals surface area contributed by atoms with E-state index in [4.69, 9.17) is 4.74 Å². The summed E-state index contributed by atoms with van der Waals surface area (Å²) < 4.78 is 12.5. The summed E-state index contributed by atoms with van der Waals surface area (Å²) in [5.74, 6) is 1.68. The van der Waals surface area contributed by atoms with Crippen LogP contribution < -0.4 is 62.0 Å². The molecule has 6 heterocycles. The molecular formula is C90H57B2N5OS2. The molecule has 0 spiro atoms. The number of thiophene rings is 2. The van der Waals surface area contributed by atoms with Crippen LogP contribution in [0.15, 0.2) is 346 Å². The van der Waals surface area contributed by atoms with Crippen LogP contribution in [0.2, 0.25) is 0 Å². The molecule has 0 aliphatic carbocycles. The van der Waals surface area contributed by atoms with Crippen molar-refractivity contribution in [2.45, 2.75) is 0 Å². The van der Waals surface area contributed by atoms with Crippen LogP contribution in [0.25, 0.3) is 51.5 Å². The second-order valence-corrected chi connectivity index (χ2v) is 28.3. The third-order valence-corrected chi connectivity index (χ3v) is 23.2. The highest BCUT2D eigenvalue weighted by Crippen LogP contribution is 2.55. The van der Waals surface area contributed by atoms with Crippen molar-refractivity contribution >= 4 is 195 Å². The zero-order chi connectivity index (χ0) is 65.5. The van der Waals surface area contributed by atoms with Gasteiger partial charge in [-0.05, 0) is 154 Å². The Labute approximate surface area is 588 Å². The maximum absolute atomic E-state index is 7.53. The van der Waals surface area contributed by atoms with E-state index in [0.717, 1.165) is 119 Å². The first kappa shape index (κ1) is 56.8. The Hall–Kier alpha value is -12.3. The van der Waals surface area contributed by atoms with Gasteiger partial charge < -0.3 is 29.2 Å². The van der Waals surface area contributed by atoms with Gasteiger partial charge in [0.15, 0.2) is 0 Å². The molecule has 0 bridgehead atoms. The molecule has 466 valence electrons. The number of fused-ring (bicyclic) bond motifs is 14. The monoisotopic (exact) mass is 1310 g/mol. The normalized spacial score (nSPS) is 13.0. The van der Waals surface area contributed by atoms with Crippen molar-refractivity contribution in [1.82, 2.24) is 0 Å². The van der Waals surface area contributed by atoms with Crippen LogP contribution in [0.1, 0.15) is 0 Å². The summed E-state index contributed by atoms with van der Waals surface area (Å²) in [6.45, 7) is -0.456. The van der Waals surface area contributed by atoms with Gasteiger partial charge in [0, 0.05) is 99.4 Å². The van der Waals surface area contributed by atoms with Crippen LogP contribution in [0.5, 0.6) is 11.5 Å². The summed E-state index contributed by atoms with van der Waals surface area (Å²) in [6.07, 6.45) is 0.